The molecule has 5 heteroatoms. The van der Waals surface area contributed by atoms with E-state index in [4.69, 9.17) is 17.3 Å². The maximum Gasteiger partial charge on any atom is 0.245 e. The summed E-state index contributed by atoms with van der Waals surface area (Å²) in [5.41, 5.74) is 8.44. The van der Waals surface area contributed by atoms with Crippen molar-refractivity contribution in [3.63, 3.8) is 0 Å². The number of nitrogens with zero attached hydrogens (tertiary/aromatic N) is 1. The molecule has 1 saturated heterocycles. The van der Waals surface area contributed by atoms with Gasteiger partial charge in [-0.1, -0.05) is 18.5 Å². The number of fused-ring (bicyclic) bond motifs is 1. The molecule has 1 amide bonds. The van der Waals surface area contributed by atoms with Crippen molar-refractivity contribution in [3.8, 4) is 0 Å². The average molecular weight is 294 g/mol. The highest BCUT2D eigenvalue weighted by atomic mass is 35.5. The standard InChI is InChI=1S/C15H20ClN3O/c1-8-3-4-9(2)19(7-8)13-6-12-10(5-11(13)16)14(17)15(20)18-12/h5-6,8-9,14H,3-4,7,17H2,1-2H3,(H,18,20). The van der Waals surface area contributed by atoms with Gasteiger partial charge < -0.3 is 16.0 Å². The topological polar surface area (TPSA) is 58.4 Å². The molecule has 2 aliphatic rings. The molecule has 108 valence electrons. The Balaban J connectivity index is 1.99. The lowest BCUT2D eigenvalue weighted by atomic mass is 9.94. The minimum atomic E-state index is -0.603. The van der Waals surface area contributed by atoms with Gasteiger partial charge in [0.1, 0.15) is 6.04 Å². The maximum absolute atomic E-state index is 11.7. The Kier molecular flexibility index (Phi) is 3.38. The van der Waals surface area contributed by atoms with Gasteiger partial charge in [-0.15, -0.1) is 0 Å². The van der Waals surface area contributed by atoms with Crippen LogP contribution in [0, 0.1) is 5.92 Å². The molecule has 3 unspecified atom stereocenters. The number of piperidine rings is 1. The summed E-state index contributed by atoms with van der Waals surface area (Å²) in [5.74, 6) is 0.501. The zero-order valence-electron chi connectivity index (χ0n) is 11.8. The van der Waals surface area contributed by atoms with Crippen molar-refractivity contribution in [1.29, 1.82) is 0 Å². The van der Waals surface area contributed by atoms with Gasteiger partial charge in [-0.25, -0.2) is 0 Å². The molecule has 2 aliphatic heterocycles. The van der Waals surface area contributed by atoms with Gasteiger partial charge in [-0.3, -0.25) is 4.79 Å². The van der Waals surface area contributed by atoms with Crippen LogP contribution in [-0.2, 0) is 4.79 Å². The maximum atomic E-state index is 11.7. The van der Waals surface area contributed by atoms with Crippen LogP contribution in [0.3, 0.4) is 0 Å². The first-order valence-corrected chi connectivity index (χ1v) is 7.51. The van der Waals surface area contributed by atoms with Gasteiger partial charge in [0.05, 0.1) is 10.7 Å². The normalized spacial score (nSPS) is 29.3. The molecule has 3 atom stereocenters. The van der Waals surface area contributed by atoms with Crippen molar-refractivity contribution in [1.82, 2.24) is 0 Å². The van der Waals surface area contributed by atoms with E-state index >= 15 is 0 Å². The second-order valence-corrected chi connectivity index (χ2v) is 6.45. The fourth-order valence-corrected chi connectivity index (χ4v) is 3.42. The quantitative estimate of drug-likeness (QED) is 0.837. The molecule has 1 aromatic rings. The summed E-state index contributed by atoms with van der Waals surface area (Å²) in [7, 11) is 0. The van der Waals surface area contributed by atoms with E-state index < -0.39 is 6.04 Å². The Morgan fingerprint density at radius 1 is 1.35 bits per heavy atom. The lowest BCUT2D eigenvalue weighted by Gasteiger charge is -2.39. The van der Waals surface area contributed by atoms with Gasteiger partial charge in [-0.05, 0) is 37.8 Å². The van der Waals surface area contributed by atoms with E-state index in [2.05, 4.69) is 24.1 Å². The highest BCUT2D eigenvalue weighted by Crippen LogP contribution is 2.40. The summed E-state index contributed by atoms with van der Waals surface area (Å²) in [6.45, 7) is 5.48. The summed E-state index contributed by atoms with van der Waals surface area (Å²) in [4.78, 5) is 14.0. The molecule has 1 fully saturated rings. The lowest BCUT2D eigenvalue weighted by Crippen LogP contribution is -2.41. The summed E-state index contributed by atoms with van der Waals surface area (Å²) in [6, 6.07) is 3.67. The van der Waals surface area contributed by atoms with E-state index in [9.17, 15) is 4.79 Å². The van der Waals surface area contributed by atoms with Crippen LogP contribution in [0.4, 0.5) is 11.4 Å². The second kappa shape index (κ2) is 4.93. The molecule has 3 rings (SSSR count). The Hall–Kier alpha value is -1.26. The number of amides is 1. The molecule has 1 aromatic carbocycles. The number of hydrogen-bond donors (Lipinski definition) is 2. The molecule has 2 heterocycles. The SMILES string of the molecule is CC1CCC(C)N(c2cc3c(cc2Cl)C(N)C(=O)N3)C1. The number of carbonyl (C=O) groups excluding carboxylic acids is 1. The zero-order valence-corrected chi connectivity index (χ0v) is 12.6. The van der Waals surface area contributed by atoms with Crippen LogP contribution in [0.1, 0.15) is 38.3 Å². The van der Waals surface area contributed by atoms with Gasteiger partial charge in [0.25, 0.3) is 0 Å². The highest BCUT2D eigenvalue weighted by molar-refractivity contribution is 6.33. The first kappa shape index (κ1) is 13.7. The summed E-state index contributed by atoms with van der Waals surface area (Å²) in [5, 5.41) is 3.51. The fourth-order valence-electron chi connectivity index (χ4n) is 3.14. The number of nitrogens with two attached hydrogens (primary N) is 1. The minimum Gasteiger partial charge on any atom is -0.367 e. The third-order valence-electron chi connectivity index (χ3n) is 4.42. The van der Waals surface area contributed by atoms with E-state index in [1.54, 1.807) is 0 Å². The molecule has 3 N–H and O–H groups in total. The van der Waals surface area contributed by atoms with Gasteiger partial charge in [0.15, 0.2) is 0 Å². The van der Waals surface area contributed by atoms with E-state index in [0.29, 0.717) is 17.0 Å². The Bertz CT molecular complexity index is 560. The van der Waals surface area contributed by atoms with Gasteiger partial charge in [0, 0.05) is 23.8 Å². The number of benzene rings is 1. The van der Waals surface area contributed by atoms with Crippen LogP contribution in [0.15, 0.2) is 12.1 Å². The van der Waals surface area contributed by atoms with Crippen molar-refractivity contribution < 1.29 is 4.79 Å². The number of anilines is 2. The zero-order chi connectivity index (χ0) is 14.4. The molecule has 0 aromatic heterocycles. The van der Waals surface area contributed by atoms with Crippen molar-refractivity contribution in [3.05, 3.63) is 22.7 Å². The van der Waals surface area contributed by atoms with Gasteiger partial charge in [-0.2, -0.15) is 0 Å². The van der Waals surface area contributed by atoms with Crippen molar-refractivity contribution >= 4 is 28.9 Å². The summed E-state index contributed by atoms with van der Waals surface area (Å²) >= 11 is 6.43. The number of nitrogens with one attached hydrogen (secondary N) is 1. The first-order valence-electron chi connectivity index (χ1n) is 7.14. The van der Waals surface area contributed by atoms with Crippen LogP contribution >= 0.6 is 11.6 Å². The third-order valence-corrected chi connectivity index (χ3v) is 4.72. The van der Waals surface area contributed by atoms with E-state index in [-0.39, 0.29) is 5.91 Å². The Labute approximate surface area is 124 Å². The number of rotatable bonds is 1. The molecule has 20 heavy (non-hydrogen) atoms. The average Bonchev–Trinajstić information content (AvgIpc) is 2.68. The number of carbonyl (C=O) groups is 1. The third kappa shape index (κ3) is 2.17. The van der Waals surface area contributed by atoms with Crippen molar-refractivity contribution in [2.24, 2.45) is 11.7 Å². The smallest absolute Gasteiger partial charge is 0.245 e. The van der Waals surface area contributed by atoms with E-state index in [1.807, 2.05) is 12.1 Å². The molecule has 0 radical (unpaired) electrons. The summed E-state index contributed by atoms with van der Waals surface area (Å²) in [6.07, 6.45) is 2.42. The van der Waals surface area contributed by atoms with E-state index in [1.165, 1.54) is 12.8 Å². The lowest BCUT2D eigenvalue weighted by molar-refractivity contribution is -0.116. The Morgan fingerprint density at radius 2 is 2.10 bits per heavy atom. The molecule has 0 saturated carbocycles. The first-order chi connectivity index (χ1) is 9.47. The number of hydrogen-bond acceptors (Lipinski definition) is 3. The molecule has 4 nitrogen and oxygen atoms in total. The molecular weight excluding hydrogens is 274 g/mol. The van der Waals surface area contributed by atoms with Crippen LogP contribution in [0.25, 0.3) is 0 Å². The fraction of sp³-hybridized carbons (Fsp3) is 0.533. The predicted molar refractivity (Wildman–Crippen MR) is 82.2 cm³/mol. The van der Waals surface area contributed by atoms with Crippen LogP contribution in [-0.4, -0.2) is 18.5 Å². The molecule has 0 bridgehead atoms. The number of halogens is 1. The van der Waals surface area contributed by atoms with Gasteiger partial charge >= 0.3 is 0 Å². The van der Waals surface area contributed by atoms with Gasteiger partial charge in [0.2, 0.25) is 5.91 Å². The molecule has 0 aliphatic carbocycles. The minimum absolute atomic E-state index is 0.159. The van der Waals surface area contributed by atoms with Crippen LogP contribution in [0.2, 0.25) is 5.02 Å². The second-order valence-electron chi connectivity index (χ2n) is 6.04. The predicted octanol–water partition coefficient (Wildman–Crippen LogP) is 2.92. The van der Waals surface area contributed by atoms with Crippen molar-refractivity contribution in [2.75, 3.05) is 16.8 Å². The monoisotopic (exact) mass is 293 g/mol. The van der Waals surface area contributed by atoms with E-state index in [0.717, 1.165) is 23.5 Å². The van der Waals surface area contributed by atoms with Crippen molar-refractivity contribution in [2.45, 2.75) is 38.8 Å². The summed E-state index contributed by atoms with van der Waals surface area (Å²) < 4.78 is 0. The van der Waals surface area contributed by atoms with Crippen LogP contribution in [0.5, 0.6) is 0 Å². The van der Waals surface area contributed by atoms with Crippen LogP contribution < -0.4 is 16.0 Å². The molecule has 0 spiro atoms. The highest BCUT2D eigenvalue weighted by Gasteiger charge is 2.31. The molecular formula is C15H20ClN3O. The largest absolute Gasteiger partial charge is 0.367 e. The Morgan fingerprint density at radius 3 is 2.85 bits per heavy atom.